The zero-order valence-electron chi connectivity index (χ0n) is 14.5. The second-order valence-corrected chi connectivity index (χ2v) is 8.45. The highest BCUT2D eigenvalue weighted by atomic mass is 32.2. The van der Waals surface area contributed by atoms with Gasteiger partial charge in [0.05, 0.1) is 10.8 Å². The SMILES string of the molecule is Cc1ccc(S(=O)(=O)N2CCC[C@H](C(=O)Nc3cccc(F)c3)C2)cc1. The Labute approximate surface area is 152 Å². The molecule has 1 heterocycles. The number of sulfonamides is 1. The molecule has 2 aromatic carbocycles. The lowest BCUT2D eigenvalue weighted by molar-refractivity contribution is -0.120. The minimum absolute atomic E-state index is 0.122. The lowest BCUT2D eigenvalue weighted by Gasteiger charge is -2.31. The van der Waals surface area contributed by atoms with Gasteiger partial charge in [-0.1, -0.05) is 23.8 Å². The summed E-state index contributed by atoms with van der Waals surface area (Å²) in [6.45, 7) is 2.40. The van der Waals surface area contributed by atoms with Crippen molar-refractivity contribution in [2.24, 2.45) is 5.92 Å². The molecule has 138 valence electrons. The van der Waals surface area contributed by atoms with Crippen LogP contribution in [0.5, 0.6) is 0 Å². The molecule has 0 spiro atoms. The molecule has 1 saturated heterocycles. The average Bonchev–Trinajstić information content (AvgIpc) is 2.62. The van der Waals surface area contributed by atoms with E-state index in [0.29, 0.717) is 25.1 Å². The molecule has 5 nitrogen and oxygen atoms in total. The average molecular weight is 376 g/mol. The molecular weight excluding hydrogens is 355 g/mol. The topological polar surface area (TPSA) is 66.5 Å². The number of rotatable bonds is 4. The van der Waals surface area contributed by atoms with Crippen LogP contribution in [-0.2, 0) is 14.8 Å². The highest BCUT2D eigenvalue weighted by Crippen LogP contribution is 2.25. The first-order valence-electron chi connectivity index (χ1n) is 8.49. The van der Waals surface area contributed by atoms with Crippen LogP contribution in [0.1, 0.15) is 18.4 Å². The van der Waals surface area contributed by atoms with E-state index in [1.54, 1.807) is 30.3 Å². The highest BCUT2D eigenvalue weighted by Gasteiger charge is 2.33. The summed E-state index contributed by atoms with van der Waals surface area (Å²) in [6.07, 6.45) is 1.20. The van der Waals surface area contributed by atoms with Gasteiger partial charge in [-0.2, -0.15) is 4.31 Å². The number of anilines is 1. The maximum absolute atomic E-state index is 13.3. The van der Waals surface area contributed by atoms with E-state index in [9.17, 15) is 17.6 Å². The molecule has 1 aliphatic rings. The van der Waals surface area contributed by atoms with Gasteiger partial charge in [-0.3, -0.25) is 4.79 Å². The van der Waals surface area contributed by atoms with E-state index in [-0.39, 0.29) is 17.3 Å². The summed E-state index contributed by atoms with van der Waals surface area (Å²) in [5.74, 6) is -1.19. The van der Waals surface area contributed by atoms with Crippen molar-refractivity contribution >= 4 is 21.6 Å². The van der Waals surface area contributed by atoms with Crippen LogP contribution in [0.3, 0.4) is 0 Å². The van der Waals surface area contributed by atoms with Crippen molar-refractivity contribution in [1.29, 1.82) is 0 Å². The first-order valence-corrected chi connectivity index (χ1v) is 9.93. The number of hydrogen-bond acceptors (Lipinski definition) is 3. The van der Waals surface area contributed by atoms with Crippen molar-refractivity contribution in [3.63, 3.8) is 0 Å². The largest absolute Gasteiger partial charge is 0.326 e. The van der Waals surface area contributed by atoms with Gasteiger partial charge in [0.2, 0.25) is 15.9 Å². The Balaban J connectivity index is 1.72. The van der Waals surface area contributed by atoms with Crippen molar-refractivity contribution in [1.82, 2.24) is 4.31 Å². The van der Waals surface area contributed by atoms with Crippen LogP contribution in [-0.4, -0.2) is 31.7 Å². The molecule has 0 saturated carbocycles. The van der Waals surface area contributed by atoms with Crippen LogP contribution in [0, 0.1) is 18.7 Å². The van der Waals surface area contributed by atoms with Gasteiger partial charge in [0.15, 0.2) is 0 Å². The van der Waals surface area contributed by atoms with Gasteiger partial charge in [-0.25, -0.2) is 12.8 Å². The van der Waals surface area contributed by atoms with Crippen LogP contribution in [0.2, 0.25) is 0 Å². The van der Waals surface area contributed by atoms with E-state index in [4.69, 9.17) is 0 Å². The number of piperidine rings is 1. The molecule has 2 aromatic rings. The first kappa shape index (κ1) is 18.5. The maximum Gasteiger partial charge on any atom is 0.243 e. The van der Waals surface area contributed by atoms with Gasteiger partial charge in [0, 0.05) is 18.8 Å². The highest BCUT2D eigenvalue weighted by molar-refractivity contribution is 7.89. The summed E-state index contributed by atoms with van der Waals surface area (Å²) in [7, 11) is -3.63. The number of aryl methyl sites for hydroxylation is 1. The number of carbonyl (C=O) groups is 1. The van der Waals surface area contributed by atoms with E-state index in [0.717, 1.165) is 5.56 Å². The second-order valence-electron chi connectivity index (χ2n) is 6.51. The number of nitrogens with one attached hydrogen (secondary N) is 1. The van der Waals surface area contributed by atoms with Crippen LogP contribution in [0.15, 0.2) is 53.4 Å². The number of amides is 1. The Morgan fingerprint density at radius 2 is 1.92 bits per heavy atom. The van der Waals surface area contributed by atoms with Crippen molar-refractivity contribution in [3.8, 4) is 0 Å². The number of hydrogen-bond donors (Lipinski definition) is 1. The standard InChI is InChI=1S/C19H21FN2O3S/c1-14-7-9-18(10-8-14)26(24,25)22-11-3-4-15(13-22)19(23)21-17-6-2-5-16(20)12-17/h2,5-10,12,15H,3-4,11,13H2,1H3,(H,21,23)/t15-/m0/s1. The number of carbonyl (C=O) groups excluding carboxylic acids is 1. The number of nitrogens with zero attached hydrogens (tertiary/aromatic N) is 1. The fourth-order valence-electron chi connectivity index (χ4n) is 3.04. The van der Waals surface area contributed by atoms with Crippen molar-refractivity contribution in [2.45, 2.75) is 24.7 Å². The van der Waals surface area contributed by atoms with Crippen molar-refractivity contribution < 1.29 is 17.6 Å². The quantitative estimate of drug-likeness (QED) is 0.891. The third-order valence-electron chi connectivity index (χ3n) is 4.51. The van der Waals surface area contributed by atoms with E-state index in [2.05, 4.69) is 5.32 Å². The Hall–Kier alpha value is -2.25. The molecule has 1 amide bonds. The van der Waals surface area contributed by atoms with Crippen molar-refractivity contribution in [3.05, 3.63) is 59.9 Å². The predicted octanol–water partition coefficient (Wildman–Crippen LogP) is 3.17. The van der Waals surface area contributed by atoms with Gasteiger partial charge in [0.25, 0.3) is 0 Å². The van der Waals surface area contributed by atoms with Crippen molar-refractivity contribution in [2.75, 3.05) is 18.4 Å². The fourth-order valence-corrected chi connectivity index (χ4v) is 4.57. The molecule has 0 aliphatic carbocycles. The van der Waals surface area contributed by atoms with Crippen LogP contribution < -0.4 is 5.32 Å². The second kappa shape index (κ2) is 7.55. The number of benzene rings is 2. The van der Waals surface area contributed by atoms with E-state index < -0.39 is 21.8 Å². The summed E-state index contributed by atoms with van der Waals surface area (Å²) in [6, 6.07) is 12.3. The molecule has 1 N–H and O–H groups in total. The summed E-state index contributed by atoms with van der Waals surface area (Å²) in [5.41, 5.74) is 1.35. The van der Waals surface area contributed by atoms with Crippen LogP contribution >= 0.6 is 0 Å². The molecule has 1 fully saturated rings. The summed E-state index contributed by atoms with van der Waals surface area (Å²) in [5, 5.41) is 2.67. The molecule has 1 atom stereocenters. The molecule has 3 rings (SSSR count). The normalized spacial score (nSPS) is 18.5. The summed E-state index contributed by atoms with van der Waals surface area (Å²) < 4.78 is 40.2. The predicted molar refractivity (Wildman–Crippen MR) is 97.7 cm³/mol. The van der Waals surface area contributed by atoms with Gasteiger partial charge < -0.3 is 5.32 Å². The molecule has 0 radical (unpaired) electrons. The monoisotopic (exact) mass is 376 g/mol. The lowest BCUT2D eigenvalue weighted by Crippen LogP contribution is -2.43. The Morgan fingerprint density at radius 3 is 2.62 bits per heavy atom. The lowest BCUT2D eigenvalue weighted by atomic mass is 9.99. The molecule has 1 aliphatic heterocycles. The zero-order valence-corrected chi connectivity index (χ0v) is 15.3. The Kier molecular flexibility index (Phi) is 5.38. The molecule has 0 unspecified atom stereocenters. The molecule has 0 aromatic heterocycles. The third-order valence-corrected chi connectivity index (χ3v) is 6.39. The van der Waals surface area contributed by atoms with Gasteiger partial charge in [0.1, 0.15) is 5.82 Å². The zero-order chi connectivity index (χ0) is 18.7. The minimum atomic E-state index is -3.63. The van der Waals surface area contributed by atoms with Gasteiger partial charge >= 0.3 is 0 Å². The molecule has 7 heteroatoms. The van der Waals surface area contributed by atoms with Crippen LogP contribution in [0.4, 0.5) is 10.1 Å². The van der Waals surface area contributed by atoms with E-state index in [1.807, 2.05) is 6.92 Å². The smallest absolute Gasteiger partial charge is 0.243 e. The molecule has 0 bridgehead atoms. The van der Waals surface area contributed by atoms with E-state index >= 15 is 0 Å². The number of halogens is 1. The Morgan fingerprint density at radius 1 is 1.19 bits per heavy atom. The fraction of sp³-hybridized carbons (Fsp3) is 0.316. The molecular formula is C19H21FN2O3S. The molecule has 26 heavy (non-hydrogen) atoms. The summed E-state index contributed by atoms with van der Waals surface area (Å²) in [4.78, 5) is 12.7. The maximum atomic E-state index is 13.3. The Bertz CT molecular complexity index is 897. The van der Waals surface area contributed by atoms with Gasteiger partial charge in [-0.15, -0.1) is 0 Å². The first-order chi connectivity index (χ1) is 12.4. The summed E-state index contributed by atoms with van der Waals surface area (Å²) >= 11 is 0. The van der Waals surface area contributed by atoms with E-state index in [1.165, 1.54) is 22.5 Å². The minimum Gasteiger partial charge on any atom is -0.326 e. The van der Waals surface area contributed by atoms with Crippen LogP contribution in [0.25, 0.3) is 0 Å². The third kappa shape index (κ3) is 4.11. The van der Waals surface area contributed by atoms with Gasteiger partial charge in [-0.05, 0) is 50.1 Å².